The van der Waals surface area contributed by atoms with Gasteiger partial charge in [0.15, 0.2) is 6.61 Å². The maximum Gasteiger partial charge on any atom is 0.418 e. The zero-order chi connectivity index (χ0) is 24.6. The first-order chi connectivity index (χ1) is 16.2. The Morgan fingerprint density at radius 2 is 1.41 bits per heavy atom. The molecule has 6 nitrogen and oxygen atoms in total. The second-order valence-corrected chi connectivity index (χ2v) is 7.26. The molecule has 0 aliphatic rings. The molecule has 9 heteroatoms. The van der Waals surface area contributed by atoms with Gasteiger partial charge in [0, 0.05) is 5.56 Å². The summed E-state index contributed by atoms with van der Waals surface area (Å²) in [6, 6.07) is 20.9. The van der Waals surface area contributed by atoms with E-state index in [9.17, 15) is 27.6 Å². The van der Waals surface area contributed by atoms with Crippen LogP contribution < -0.4 is 10.6 Å². The van der Waals surface area contributed by atoms with E-state index in [2.05, 4.69) is 10.6 Å². The lowest BCUT2D eigenvalue weighted by molar-refractivity contribution is -0.148. The number of ether oxygens (including phenoxy) is 1. The summed E-state index contributed by atoms with van der Waals surface area (Å²) in [6.07, 6.45) is -4.94. The largest absolute Gasteiger partial charge is 0.455 e. The normalized spacial score (nSPS) is 11.9. The number of esters is 1. The highest BCUT2D eigenvalue weighted by atomic mass is 19.4. The fraction of sp³-hybridized carbons (Fsp3) is 0.160. The molecule has 176 valence electrons. The predicted octanol–water partition coefficient (Wildman–Crippen LogP) is 4.75. The standard InChI is InChI=1S/C25H21F3N2O4/c26-25(27,28)19-13-7-8-14-20(19)29-22(31)16-34-23(32)15-21(17-9-3-1-4-10-17)30-24(33)18-11-5-2-6-12-18/h1-14,21H,15-16H2,(H,29,31)(H,30,33). The van der Waals surface area contributed by atoms with Gasteiger partial charge in [-0.2, -0.15) is 13.2 Å². The first-order valence-electron chi connectivity index (χ1n) is 10.3. The average molecular weight is 470 g/mol. The zero-order valence-electron chi connectivity index (χ0n) is 17.8. The smallest absolute Gasteiger partial charge is 0.418 e. The molecule has 1 atom stereocenters. The fourth-order valence-electron chi connectivity index (χ4n) is 3.17. The lowest BCUT2D eigenvalue weighted by atomic mass is 10.0. The Labute approximate surface area is 193 Å². The molecule has 3 aromatic carbocycles. The van der Waals surface area contributed by atoms with Crippen molar-refractivity contribution in [2.75, 3.05) is 11.9 Å². The second kappa shape index (κ2) is 11.1. The van der Waals surface area contributed by atoms with Crippen molar-refractivity contribution in [3.63, 3.8) is 0 Å². The molecule has 0 spiro atoms. The monoisotopic (exact) mass is 470 g/mol. The Hall–Kier alpha value is -4.14. The van der Waals surface area contributed by atoms with E-state index in [1.165, 1.54) is 12.1 Å². The third-order valence-electron chi connectivity index (χ3n) is 4.78. The fourth-order valence-corrected chi connectivity index (χ4v) is 3.17. The van der Waals surface area contributed by atoms with Crippen molar-refractivity contribution in [1.29, 1.82) is 0 Å². The van der Waals surface area contributed by atoms with E-state index in [1.807, 2.05) is 0 Å². The predicted molar refractivity (Wildman–Crippen MR) is 119 cm³/mol. The van der Waals surface area contributed by atoms with Crippen molar-refractivity contribution < 1.29 is 32.3 Å². The van der Waals surface area contributed by atoms with Gasteiger partial charge in [0.25, 0.3) is 11.8 Å². The molecule has 0 bridgehead atoms. The molecule has 2 amide bonds. The number of anilines is 1. The molecule has 0 aliphatic carbocycles. The van der Waals surface area contributed by atoms with Gasteiger partial charge < -0.3 is 15.4 Å². The number of alkyl halides is 3. The van der Waals surface area contributed by atoms with E-state index in [1.54, 1.807) is 60.7 Å². The molecule has 34 heavy (non-hydrogen) atoms. The molecular weight excluding hydrogens is 449 g/mol. The first kappa shape index (κ1) is 24.5. The van der Waals surface area contributed by atoms with Crippen LogP contribution in [-0.2, 0) is 20.5 Å². The minimum Gasteiger partial charge on any atom is -0.455 e. The van der Waals surface area contributed by atoms with Gasteiger partial charge in [-0.05, 0) is 29.8 Å². The van der Waals surface area contributed by atoms with Crippen molar-refractivity contribution in [2.24, 2.45) is 0 Å². The van der Waals surface area contributed by atoms with Gasteiger partial charge in [0.05, 0.1) is 23.7 Å². The summed E-state index contributed by atoms with van der Waals surface area (Å²) in [6.45, 7) is -0.779. The number of para-hydroxylation sites is 1. The molecule has 3 aromatic rings. The maximum absolute atomic E-state index is 13.1. The lowest BCUT2D eigenvalue weighted by Gasteiger charge is -2.19. The second-order valence-electron chi connectivity index (χ2n) is 7.26. The molecule has 2 N–H and O–H groups in total. The molecule has 0 saturated heterocycles. The topological polar surface area (TPSA) is 84.5 Å². The van der Waals surface area contributed by atoms with Crippen LogP contribution in [0.4, 0.5) is 18.9 Å². The summed E-state index contributed by atoms with van der Waals surface area (Å²) in [5.74, 6) is -2.13. The van der Waals surface area contributed by atoms with Crippen LogP contribution in [0.25, 0.3) is 0 Å². The molecule has 0 radical (unpaired) electrons. The van der Waals surface area contributed by atoms with E-state index >= 15 is 0 Å². The summed E-state index contributed by atoms with van der Waals surface area (Å²) in [5.41, 5.74) is -0.400. The van der Waals surface area contributed by atoms with Crippen LogP contribution in [0, 0.1) is 0 Å². The van der Waals surface area contributed by atoms with Gasteiger partial charge in [-0.25, -0.2) is 0 Å². The number of halogens is 3. The lowest BCUT2D eigenvalue weighted by Crippen LogP contribution is -2.31. The molecule has 0 aliphatic heterocycles. The Morgan fingerprint density at radius 1 is 0.824 bits per heavy atom. The van der Waals surface area contributed by atoms with Crippen LogP contribution in [0.3, 0.4) is 0 Å². The van der Waals surface area contributed by atoms with E-state index in [0.717, 1.165) is 12.1 Å². The van der Waals surface area contributed by atoms with E-state index in [4.69, 9.17) is 4.74 Å². The van der Waals surface area contributed by atoms with Crippen molar-refractivity contribution in [3.8, 4) is 0 Å². The summed E-state index contributed by atoms with van der Waals surface area (Å²) < 4.78 is 44.2. The maximum atomic E-state index is 13.1. The van der Waals surface area contributed by atoms with Crippen molar-refractivity contribution >= 4 is 23.5 Å². The van der Waals surface area contributed by atoms with Crippen LogP contribution in [0.15, 0.2) is 84.9 Å². The Balaban J connectivity index is 1.61. The number of carbonyl (C=O) groups is 3. The Kier molecular flexibility index (Phi) is 8.02. The number of carbonyl (C=O) groups excluding carboxylic acids is 3. The van der Waals surface area contributed by atoms with Crippen LogP contribution in [0.1, 0.15) is 33.9 Å². The Morgan fingerprint density at radius 3 is 2.06 bits per heavy atom. The molecule has 3 rings (SSSR count). The van der Waals surface area contributed by atoms with Crippen molar-refractivity contribution in [3.05, 3.63) is 102 Å². The number of benzene rings is 3. The first-order valence-corrected chi connectivity index (χ1v) is 10.3. The third-order valence-corrected chi connectivity index (χ3v) is 4.78. The molecule has 0 heterocycles. The van der Waals surface area contributed by atoms with Gasteiger partial charge in [0.1, 0.15) is 0 Å². The number of nitrogens with one attached hydrogen (secondary N) is 2. The van der Waals surface area contributed by atoms with E-state index in [0.29, 0.717) is 11.1 Å². The highest BCUT2D eigenvalue weighted by Crippen LogP contribution is 2.34. The van der Waals surface area contributed by atoms with Crippen LogP contribution in [0.2, 0.25) is 0 Å². The molecule has 0 fully saturated rings. The van der Waals surface area contributed by atoms with Gasteiger partial charge in [-0.3, -0.25) is 14.4 Å². The number of hydrogen-bond acceptors (Lipinski definition) is 4. The highest BCUT2D eigenvalue weighted by Gasteiger charge is 2.33. The SMILES string of the molecule is O=C(COC(=O)CC(NC(=O)c1ccccc1)c1ccccc1)Nc1ccccc1C(F)(F)F. The highest BCUT2D eigenvalue weighted by molar-refractivity contribution is 5.95. The average Bonchev–Trinajstić information content (AvgIpc) is 2.83. The van der Waals surface area contributed by atoms with E-state index in [-0.39, 0.29) is 6.42 Å². The van der Waals surface area contributed by atoms with Crippen molar-refractivity contribution in [1.82, 2.24) is 5.32 Å². The Bertz CT molecular complexity index is 1140. The summed E-state index contributed by atoms with van der Waals surface area (Å²) >= 11 is 0. The summed E-state index contributed by atoms with van der Waals surface area (Å²) in [5, 5.41) is 4.87. The molecular formula is C25H21F3N2O4. The van der Waals surface area contributed by atoms with Crippen molar-refractivity contribution in [2.45, 2.75) is 18.6 Å². The summed E-state index contributed by atoms with van der Waals surface area (Å²) in [7, 11) is 0. The minimum atomic E-state index is -4.65. The molecule has 0 saturated carbocycles. The number of rotatable bonds is 8. The third kappa shape index (κ3) is 6.93. The van der Waals surface area contributed by atoms with Crippen LogP contribution >= 0.6 is 0 Å². The van der Waals surface area contributed by atoms with Crippen LogP contribution in [0.5, 0.6) is 0 Å². The summed E-state index contributed by atoms with van der Waals surface area (Å²) in [4.78, 5) is 37.1. The quantitative estimate of drug-likeness (QED) is 0.466. The van der Waals surface area contributed by atoms with Gasteiger partial charge >= 0.3 is 12.1 Å². The van der Waals surface area contributed by atoms with Gasteiger partial charge in [-0.15, -0.1) is 0 Å². The number of hydrogen-bond donors (Lipinski definition) is 2. The zero-order valence-corrected chi connectivity index (χ0v) is 17.8. The number of amides is 2. The minimum absolute atomic E-state index is 0.283. The van der Waals surface area contributed by atoms with Gasteiger partial charge in [0.2, 0.25) is 0 Å². The van der Waals surface area contributed by atoms with E-state index < -0.39 is 47.9 Å². The van der Waals surface area contributed by atoms with Crippen LogP contribution in [-0.4, -0.2) is 24.4 Å². The molecule has 0 aromatic heterocycles. The molecule has 1 unspecified atom stereocenters. The van der Waals surface area contributed by atoms with Gasteiger partial charge in [-0.1, -0.05) is 60.7 Å².